The van der Waals surface area contributed by atoms with E-state index < -0.39 is 0 Å². The van der Waals surface area contributed by atoms with Crippen molar-refractivity contribution in [3.8, 4) is 0 Å². The molecular formula is C24H34IN5O2. The van der Waals surface area contributed by atoms with Crippen LogP contribution in [-0.4, -0.2) is 68.0 Å². The fraction of sp³-hybridized carbons (Fsp3) is 0.500. The van der Waals surface area contributed by atoms with Crippen LogP contribution >= 0.6 is 24.0 Å². The molecule has 0 spiro atoms. The van der Waals surface area contributed by atoms with E-state index in [2.05, 4.69) is 51.3 Å². The number of carbonyl (C=O) groups excluding carboxylic acids is 1. The highest BCUT2D eigenvalue weighted by Gasteiger charge is 2.25. The Morgan fingerprint density at radius 2 is 1.69 bits per heavy atom. The van der Waals surface area contributed by atoms with Gasteiger partial charge in [-0.05, 0) is 48.6 Å². The Morgan fingerprint density at radius 1 is 1.03 bits per heavy atom. The summed E-state index contributed by atoms with van der Waals surface area (Å²) in [6.45, 7) is 8.19. The topological polar surface area (TPSA) is 64.3 Å². The van der Waals surface area contributed by atoms with Crippen LogP contribution in [0.5, 0.6) is 0 Å². The van der Waals surface area contributed by atoms with Gasteiger partial charge in [-0.25, -0.2) is 0 Å². The van der Waals surface area contributed by atoms with E-state index in [-0.39, 0.29) is 29.9 Å². The molecule has 7 nitrogen and oxygen atoms in total. The van der Waals surface area contributed by atoms with Crippen LogP contribution < -0.4 is 10.2 Å². The molecule has 1 N–H and O–H groups in total. The lowest BCUT2D eigenvalue weighted by molar-refractivity contribution is 0.0657. The number of furan rings is 1. The van der Waals surface area contributed by atoms with E-state index >= 15 is 0 Å². The molecule has 1 amide bonds. The Morgan fingerprint density at radius 3 is 2.28 bits per heavy atom. The molecule has 0 aliphatic carbocycles. The van der Waals surface area contributed by atoms with E-state index in [1.54, 1.807) is 12.1 Å². The number of rotatable bonds is 4. The Balaban J connectivity index is 0.00000289. The van der Waals surface area contributed by atoms with Crippen molar-refractivity contribution in [3.63, 3.8) is 0 Å². The van der Waals surface area contributed by atoms with Crippen molar-refractivity contribution in [1.29, 1.82) is 0 Å². The summed E-state index contributed by atoms with van der Waals surface area (Å²) in [5, 5.41) is 3.47. The van der Waals surface area contributed by atoms with E-state index in [0.717, 1.165) is 44.6 Å². The summed E-state index contributed by atoms with van der Waals surface area (Å²) < 4.78 is 5.24. The lowest BCUT2D eigenvalue weighted by Crippen LogP contribution is -2.53. The van der Waals surface area contributed by atoms with Crippen molar-refractivity contribution in [3.05, 3.63) is 54.0 Å². The number of halogens is 1. The minimum atomic E-state index is -0.0455. The number of nitrogens with one attached hydrogen (secondary N) is 1. The van der Waals surface area contributed by atoms with Crippen LogP contribution in [0.15, 0.2) is 52.1 Å². The van der Waals surface area contributed by atoms with Crippen molar-refractivity contribution in [2.75, 3.05) is 51.2 Å². The third-order valence-electron chi connectivity index (χ3n) is 6.35. The number of nitrogens with zero attached hydrogens (tertiary/aromatic N) is 4. The molecule has 32 heavy (non-hydrogen) atoms. The SMILES string of the molecule is CN=C(NCc1ccc(N2CCC(C)CC2)cc1)N1CCN(C(=O)c2ccco2)CC1.I. The third-order valence-corrected chi connectivity index (χ3v) is 6.35. The number of hydrogen-bond donors (Lipinski definition) is 1. The molecule has 0 radical (unpaired) electrons. The summed E-state index contributed by atoms with van der Waals surface area (Å²) in [7, 11) is 1.81. The first-order valence-corrected chi connectivity index (χ1v) is 11.3. The molecule has 2 aliphatic rings. The average Bonchev–Trinajstić information content (AvgIpc) is 3.35. The van der Waals surface area contributed by atoms with Gasteiger partial charge >= 0.3 is 0 Å². The van der Waals surface area contributed by atoms with Gasteiger partial charge < -0.3 is 24.4 Å². The fourth-order valence-electron chi connectivity index (χ4n) is 4.28. The number of carbonyl (C=O) groups is 1. The molecule has 4 rings (SSSR count). The Kier molecular flexibility index (Phi) is 8.84. The van der Waals surface area contributed by atoms with Crippen LogP contribution in [0.4, 0.5) is 5.69 Å². The molecule has 1 aromatic carbocycles. The monoisotopic (exact) mass is 551 g/mol. The molecule has 2 aliphatic heterocycles. The second-order valence-corrected chi connectivity index (χ2v) is 8.49. The first kappa shape index (κ1) is 24.4. The van der Waals surface area contributed by atoms with Gasteiger partial charge in [0.25, 0.3) is 5.91 Å². The summed E-state index contributed by atoms with van der Waals surface area (Å²) in [5.74, 6) is 2.07. The maximum absolute atomic E-state index is 12.4. The van der Waals surface area contributed by atoms with Crippen LogP contribution in [0.25, 0.3) is 0 Å². The van der Waals surface area contributed by atoms with Crippen molar-refractivity contribution >= 4 is 41.5 Å². The van der Waals surface area contributed by atoms with Gasteiger partial charge in [0.15, 0.2) is 11.7 Å². The normalized spacial score (nSPS) is 17.8. The van der Waals surface area contributed by atoms with Gasteiger partial charge in [0, 0.05) is 58.5 Å². The number of piperazine rings is 1. The maximum atomic E-state index is 12.4. The summed E-state index contributed by atoms with van der Waals surface area (Å²) >= 11 is 0. The van der Waals surface area contributed by atoms with Gasteiger partial charge in [0.1, 0.15) is 0 Å². The second kappa shape index (κ2) is 11.6. The zero-order chi connectivity index (χ0) is 21.6. The van der Waals surface area contributed by atoms with Gasteiger partial charge in [-0.2, -0.15) is 0 Å². The number of piperidine rings is 1. The highest BCUT2D eigenvalue weighted by atomic mass is 127. The smallest absolute Gasteiger partial charge is 0.289 e. The van der Waals surface area contributed by atoms with Gasteiger partial charge in [-0.1, -0.05) is 19.1 Å². The third kappa shape index (κ3) is 5.96. The van der Waals surface area contributed by atoms with E-state index in [1.165, 1.54) is 30.4 Å². The summed E-state index contributed by atoms with van der Waals surface area (Å²) in [6.07, 6.45) is 4.09. The molecule has 0 bridgehead atoms. The van der Waals surface area contributed by atoms with Crippen molar-refractivity contribution < 1.29 is 9.21 Å². The standard InChI is InChI=1S/C24H33N5O2.HI/c1-19-9-11-27(12-10-19)21-7-5-20(6-8-21)18-26-24(25-2)29-15-13-28(14-16-29)23(30)22-4-3-17-31-22;/h3-8,17,19H,9-16,18H2,1-2H3,(H,25,26);1H. The van der Waals surface area contributed by atoms with Gasteiger partial charge in [0.05, 0.1) is 6.26 Å². The molecule has 0 unspecified atom stereocenters. The molecular weight excluding hydrogens is 517 g/mol. The van der Waals surface area contributed by atoms with Crippen LogP contribution in [0, 0.1) is 5.92 Å². The number of anilines is 1. The molecule has 2 fully saturated rings. The van der Waals surface area contributed by atoms with Gasteiger partial charge in [0.2, 0.25) is 0 Å². The molecule has 0 atom stereocenters. The summed E-state index contributed by atoms with van der Waals surface area (Å²) in [6, 6.07) is 12.3. The number of guanidine groups is 1. The van der Waals surface area contributed by atoms with Gasteiger partial charge in [-0.15, -0.1) is 24.0 Å². The Bertz CT molecular complexity index is 868. The zero-order valence-electron chi connectivity index (χ0n) is 19.0. The first-order chi connectivity index (χ1) is 15.1. The molecule has 1 aromatic heterocycles. The minimum absolute atomic E-state index is 0. The van der Waals surface area contributed by atoms with Crippen LogP contribution in [-0.2, 0) is 6.54 Å². The van der Waals surface area contributed by atoms with Gasteiger partial charge in [-0.3, -0.25) is 9.79 Å². The van der Waals surface area contributed by atoms with E-state index in [4.69, 9.17) is 4.42 Å². The van der Waals surface area contributed by atoms with E-state index in [0.29, 0.717) is 18.8 Å². The molecule has 0 saturated carbocycles. The quantitative estimate of drug-likeness (QED) is 0.357. The summed E-state index contributed by atoms with van der Waals surface area (Å²) in [5.41, 5.74) is 2.55. The van der Waals surface area contributed by atoms with Crippen molar-refractivity contribution in [1.82, 2.24) is 15.1 Å². The van der Waals surface area contributed by atoms with Crippen LogP contribution in [0.1, 0.15) is 35.9 Å². The predicted molar refractivity (Wildman–Crippen MR) is 139 cm³/mol. The van der Waals surface area contributed by atoms with Crippen molar-refractivity contribution in [2.45, 2.75) is 26.3 Å². The first-order valence-electron chi connectivity index (χ1n) is 11.3. The largest absolute Gasteiger partial charge is 0.459 e. The summed E-state index contributed by atoms with van der Waals surface area (Å²) in [4.78, 5) is 23.4. The predicted octanol–water partition coefficient (Wildman–Crippen LogP) is 3.67. The number of amides is 1. The molecule has 2 saturated heterocycles. The second-order valence-electron chi connectivity index (χ2n) is 8.49. The number of aliphatic imine (C=N–C) groups is 1. The lowest BCUT2D eigenvalue weighted by Gasteiger charge is -2.36. The molecule has 2 aromatic rings. The lowest BCUT2D eigenvalue weighted by atomic mass is 9.99. The Labute approximate surface area is 207 Å². The average molecular weight is 551 g/mol. The van der Waals surface area contributed by atoms with Crippen LogP contribution in [0.3, 0.4) is 0 Å². The van der Waals surface area contributed by atoms with Crippen molar-refractivity contribution in [2.24, 2.45) is 10.9 Å². The Hall–Kier alpha value is -2.23. The highest BCUT2D eigenvalue weighted by Crippen LogP contribution is 2.23. The molecule has 3 heterocycles. The highest BCUT2D eigenvalue weighted by molar-refractivity contribution is 14.0. The maximum Gasteiger partial charge on any atom is 0.289 e. The van der Waals surface area contributed by atoms with Crippen LogP contribution in [0.2, 0.25) is 0 Å². The molecule has 8 heteroatoms. The van der Waals surface area contributed by atoms with E-state index in [9.17, 15) is 4.79 Å². The van der Waals surface area contributed by atoms with E-state index in [1.807, 2.05) is 11.9 Å². The number of hydrogen-bond acceptors (Lipinski definition) is 4. The fourth-order valence-corrected chi connectivity index (χ4v) is 4.28. The number of benzene rings is 1. The minimum Gasteiger partial charge on any atom is -0.459 e. The zero-order valence-corrected chi connectivity index (χ0v) is 21.3. The molecule has 174 valence electrons.